The fourth-order valence-electron chi connectivity index (χ4n) is 4.05. The number of nitrogens with one attached hydrogen (secondary N) is 2. The Morgan fingerprint density at radius 1 is 1.10 bits per heavy atom. The van der Waals surface area contributed by atoms with E-state index in [1.54, 1.807) is 12.1 Å². The fourth-order valence-corrected chi connectivity index (χ4v) is 4.99. The van der Waals surface area contributed by atoms with Crippen LogP contribution in [-0.4, -0.2) is 11.8 Å². The van der Waals surface area contributed by atoms with Gasteiger partial charge in [0.05, 0.1) is 11.6 Å². The van der Waals surface area contributed by atoms with Crippen molar-refractivity contribution in [3.05, 3.63) is 93.9 Å². The zero-order valence-electron chi connectivity index (χ0n) is 16.2. The lowest BCUT2D eigenvalue weighted by molar-refractivity contribution is 0.0959. The van der Waals surface area contributed by atoms with Crippen molar-refractivity contribution in [3.63, 3.8) is 0 Å². The highest BCUT2D eigenvalue weighted by Gasteiger charge is 2.34. The molecule has 1 aliphatic heterocycles. The number of thiophene rings is 1. The number of carbonyl (C=O) groups is 2. The Hall–Kier alpha value is -3.64. The minimum Gasteiger partial charge on any atom is -0.399 e. The number of hydrogen-bond acceptors (Lipinski definition) is 4. The van der Waals surface area contributed by atoms with E-state index in [9.17, 15) is 9.59 Å². The van der Waals surface area contributed by atoms with E-state index < -0.39 is 0 Å². The van der Waals surface area contributed by atoms with Crippen molar-refractivity contribution >= 4 is 44.6 Å². The molecular formula is C24H19N3O2S. The first-order chi connectivity index (χ1) is 14.5. The van der Waals surface area contributed by atoms with Crippen molar-refractivity contribution in [2.45, 2.75) is 13.0 Å². The Labute approximate surface area is 177 Å². The lowest BCUT2D eigenvalue weighted by atomic mass is 9.93. The maximum atomic E-state index is 13.1. The van der Waals surface area contributed by atoms with Gasteiger partial charge >= 0.3 is 0 Å². The van der Waals surface area contributed by atoms with Crippen LogP contribution in [0.2, 0.25) is 0 Å². The number of anilines is 2. The molecule has 1 unspecified atom stereocenters. The predicted octanol–water partition coefficient (Wildman–Crippen LogP) is 4.88. The topological polar surface area (TPSA) is 84.2 Å². The van der Waals surface area contributed by atoms with Crippen molar-refractivity contribution in [3.8, 4) is 0 Å². The monoisotopic (exact) mass is 413 g/mol. The first kappa shape index (κ1) is 18.4. The molecular weight excluding hydrogens is 394 g/mol. The number of nitrogen functional groups attached to an aromatic ring is 1. The second-order valence-corrected chi connectivity index (χ2v) is 8.30. The molecule has 2 amide bonds. The Balaban J connectivity index is 1.60. The molecule has 0 fully saturated rings. The van der Waals surface area contributed by atoms with E-state index in [4.69, 9.17) is 5.73 Å². The number of carbonyl (C=O) groups excluding carboxylic acids is 2. The van der Waals surface area contributed by atoms with Crippen LogP contribution in [0.3, 0.4) is 0 Å². The molecule has 3 aromatic carbocycles. The van der Waals surface area contributed by atoms with Crippen LogP contribution in [0.15, 0.2) is 66.0 Å². The standard InChI is InChI=1S/C24H19N3O2S/c1-13-6-2-3-7-15(13)22-21-17(23(28)27-22)10-14(25)11-19(21)26-24(29)18-12-30-20-9-5-4-8-16(18)20/h2-12,22H,25H2,1H3,(H,26,29)(H,27,28). The van der Waals surface area contributed by atoms with Crippen molar-refractivity contribution in [1.29, 1.82) is 0 Å². The molecule has 1 aromatic heterocycles. The van der Waals surface area contributed by atoms with Gasteiger partial charge in [-0.2, -0.15) is 0 Å². The largest absolute Gasteiger partial charge is 0.399 e. The third kappa shape index (κ3) is 2.93. The van der Waals surface area contributed by atoms with Crippen molar-refractivity contribution in [1.82, 2.24) is 5.32 Å². The number of hydrogen-bond donors (Lipinski definition) is 3. The van der Waals surface area contributed by atoms with E-state index in [0.29, 0.717) is 22.5 Å². The molecule has 30 heavy (non-hydrogen) atoms. The summed E-state index contributed by atoms with van der Waals surface area (Å²) in [5.41, 5.74) is 11.0. The lowest BCUT2D eigenvalue weighted by Crippen LogP contribution is -2.21. The van der Waals surface area contributed by atoms with Gasteiger partial charge in [0.25, 0.3) is 11.8 Å². The van der Waals surface area contributed by atoms with Gasteiger partial charge in [-0.15, -0.1) is 11.3 Å². The molecule has 5 rings (SSSR count). The number of aryl methyl sites for hydroxylation is 1. The van der Waals surface area contributed by atoms with Gasteiger partial charge in [0.15, 0.2) is 0 Å². The summed E-state index contributed by atoms with van der Waals surface area (Å²) < 4.78 is 1.05. The molecule has 0 spiro atoms. The second-order valence-electron chi connectivity index (χ2n) is 7.39. The summed E-state index contributed by atoms with van der Waals surface area (Å²) in [5, 5.41) is 8.81. The van der Waals surface area contributed by atoms with E-state index in [1.807, 2.05) is 60.8 Å². The molecule has 0 saturated heterocycles. The van der Waals surface area contributed by atoms with Crippen molar-refractivity contribution in [2.24, 2.45) is 0 Å². The van der Waals surface area contributed by atoms with E-state index in [0.717, 1.165) is 26.8 Å². The summed E-state index contributed by atoms with van der Waals surface area (Å²) in [7, 11) is 0. The highest BCUT2D eigenvalue weighted by molar-refractivity contribution is 7.17. The molecule has 148 valence electrons. The molecule has 0 bridgehead atoms. The first-order valence-corrected chi connectivity index (χ1v) is 10.5. The van der Waals surface area contributed by atoms with E-state index in [2.05, 4.69) is 10.6 Å². The molecule has 1 atom stereocenters. The predicted molar refractivity (Wildman–Crippen MR) is 121 cm³/mol. The number of fused-ring (bicyclic) bond motifs is 2. The molecule has 0 radical (unpaired) electrons. The summed E-state index contributed by atoms with van der Waals surface area (Å²) in [5.74, 6) is -0.412. The van der Waals surface area contributed by atoms with E-state index in [-0.39, 0.29) is 17.9 Å². The molecule has 2 heterocycles. The molecule has 0 saturated carbocycles. The maximum Gasteiger partial charge on any atom is 0.257 e. The van der Waals surface area contributed by atoms with Crippen molar-refractivity contribution < 1.29 is 9.59 Å². The molecule has 0 aliphatic carbocycles. The third-order valence-corrected chi connectivity index (χ3v) is 6.45. The van der Waals surface area contributed by atoms with Gasteiger partial charge in [-0.3, -0.25) is 9.59 Å². The van der Waals surface area contributed by atoms with Crippen LogP contribution < -0.4 is 16.4 Å². The average Bonchev–Trinajstić information content (AvgIpc) is 3.30. The normalized spacial score (nSPS) is 15.1. The highest BCUT2D eigenvalue weighted by atomic mass is 32.1. The van der Waals surface area contributed by atoms with Gasteiger partial charge in [0.2, 0.25) is 0 Å². The zero-order chi connectivity index (χ0) is 20.8. The van der Waals surface area contributed by atoms with Crippen LogP contribution in [-0.2, 0) is 0 Å². The van der Waals surface area contributed by atoms with Crippen LogP contribution in [0, 0.1) is 6.92 Å². The number of nitrogens with two attached hydrogens (primary N) is 1. The summed E-state index contributed by atoms with van der Waals surface area (Å²) in [6.45, 7) is 2.01. The first-order valence-electron chi connectivity index (χ1n) is 9.60. The van der Waals surface area contributed by atoms with Crippen LogP contribution in [0.1, 0.15) is 43.4 Å². The Bertz CT molecular complexity index is 1330. The van der Waals surface area contributed by atoms with Crippen LogP contribution in [0.25, 0.3) is 10.1 Å². The quantitative estimate of drug-likeness (QED) is 0.419. The SMILES string of the molecule is Cc1ccccc1C1NC(=O)c2cc(N)cc(NC(=O)c3csc4ccccc34)c21. The van der Waals surface area contributed by atoms with E-state index >= 15 is 0 Å². The summed E-state index contributed by atoms with van der Waals surface area (Å²) in [6, 6.07) is 18.7. The van der Waals surface area contributed by atoms with Crippen LogP contribution in [0.4, 0.5) is 11.4 Å². The average molecular weight is 414 g/mol. The number of benzene rings is 3. The van der Waals surface area contributed by atoms with Gasteiger partial charge in [0, 0.05) is 38.0 Å². The third-order valence-electron chi connectivity index (χ3n) is 5.48. The fraction of sp³-hybridized carbons (Fsp3) is 0.0833. The van der Waals surface area contributed by atoms with Gasteiger partial charge in [0.1, 0.15) is 0 Å². The summed E-state index contributed by atoms with van der Waals surface area (Å²) in [4.78, 5) is 25.8. The number of amides is 2. The molecule has 4 N–H and O–H groups in total. The Morgan fingerprint density at radius 3 is 2.70 bits per heavy atom. The smallest absolute Gasteiger partial charge is 0.257 e. The zero-order valence-corrected chi connectivity index (χ0v) is 17.0. The highest BCUT2D eigenvalue weighted by Crippen LogP contribution is 2.39. The number of rotatable bonds is 3. The van der Waals surface area contributed by atoms with Gasteiger partial charge in [-0.05, 0) is 36.2 Å². The van der Waals surface area contributed by atoms with Gasteiger partial charge < -0.3 is 16.4 Å². The maximum absolute atomic E-state index is 13.1. The van der Waals surface area contributed by atoms with Crippen LogP contribution >= 0.6 is 11.3 Å². The molecule has 4 aromatic rings. The van der Waals surface area contributed by atoms with Gasteiger partial charge in [-0.1, -0.05) is 42.5 Å². The summed E-state index contributed by atoms with van der Waals surface area (Å²) >= 11 is 1.53. The molecule has 1 aliphatic rings. The van der Waals surface area contributed by atoms with Crippen LogP contribution in [0.5, 0.6) is 0 Å². The minimum atomic E-state index is -0.344. The molecule has 6 heteroatoms. The Kier molecular flexibility index (Phi) is 4.29. The Morgan fingerprint density at radius 2 is 1.87 bits per heavy atom. The summed E-state index contributed by atoms with van der Waals surface area (Å²) in [6.07, 6.45) is 0. The van der Waals surface area contributed by atoms with E-state index in [1.165, 1.54) is 11.3 Å². The van der Waals surface area contributed by atoms with Gasteiger partial charge in [-0.25, -0.2) is 0 Å². The lowest BCUT2D eigenvalue weighted by Gasteiger charge is -2.19. The minimum absolute atomic E-state index is 0.193. The molecule has 5 nitrogen and oxygen atoms in total. The second kappa shape index (κ2) is 7.00. The van der Waals surface area contributed by atoms with Crippen molar-refractivity contribution in [2.75, 3.05) is 11.1 Å².